The lowest BCUT2D eigenvalue weighted by Gasteiger charge is -2.25. The molecular formula is C17H22N2O4. The molecule has 0 unspecified atom stereocenters. The van der Waals surface area contributed by atoms with Crippen molar-refractivity contribution in [3.8, 4) is 22.8 Å². The molecule has 1 heterocycles. The van der Waals surface area contributed by atoms with Gasteiger partial charge >= 0.3 is 5.97 Å². The number of nitrogens with zero attached hydrogens (tertiary/aromatic N) is 2. The van der Waals surface area contributed by atoms with E-state index in [2.05, 4.69) is 25.9 Å². The van der Waals surface area contributed by atoms with Crippen LogP contribution in [0.25, 0.3) is 11.3 Å². The minimum Gasteiger partial charge on any atom is -0.497 e. The number of benzene rings is 1. The van der Waals surface area contributed by atoms with E-state index in [1.54, 1.807) is 21.3 Å². The number of aromatic nitrogens is 2. The summed E-state index contributed by atoms with van der Waals surface area (Å²) in [4.78, 5) is 11.2. The molecule has 1 N–H and O–H groups in total. The summed E-state index contributed by atoms with van der Waals surface area (Å²) in [6.45, 7) is 6.25. The quantitative estimate of drug-likeness (QED) is 0.937. The second-order valence-corrected chi connectivity index (χ2v) is 6.35. The number of rotatable bonds is 4. The summed E-state index contributed by atoms with van der Waals surface area (Å²) in [5, 5.41) is 13.2. The Balaban J connectivity index is 2.78. The lowest BCUT2D eigenvalue weighted by Crippen LogP contribution is -2.14. The molecule has 0 spiro atoms. The lowest BCUT2D eigenvalue weighted by molar-refractivity contribution is 0.0689. The highest BCUT2D eigenvalue weighted by Crippen LogP contribution is 2.42. The van der Waals surface area contributed by atoms with Gasteiger partial charge < -0.3 is 14.6 Å². The van der Waals surface area contributed by atoms with Gasteiger partial charge in [0.05, 0.1) is 19.9 Å². The fourth-order valence-electron chi connectivity index (χ4n) is 2.51. The van der Waals surface area contributed by atoms with Gasteiger partial charge in [-0.05, 0) is 23.6 Å². The largest absolute Gasteiger partial charge is 0.497 e. The van der Waals surface area contributed by atoms with Crippen molar-refractivity contribution in [2.75, 3.05) is 14.2 Å². The van der Waals surface area contributed by atoms with E-state index in [9.17, 15) is 4.79 Å². The highest BCUT2D eigenvalue weighted by atomic mass is 16.5. The number of hydrogen-bond donors (Lipinski definition) is 1. The molecule has 0 fully saturated rings. The van der Waals surface area contributed by atoms with Gasteiger partial charge in [-0.3, -0.25) is 4.68 Å². The first-order valence-electron chi connectivity index (χ1n) is 7.23. The van der Waals surface area contributed by atoms with Crippen molar-refractivity contribution >= 4 is 5.97 Å². The zero-order chi connectivity index (χ0) is 17.4. The van der Waals surface area contributed by atoms with Crippen molar-refractivity contribution in [1.82, 2.24) is 9.78 Å². The van der Waals surface area contributed by atoms with Gasteiger partial charge in [-0.2, -0.15) is 5.10 Å². The van der Waals surface area contributed by atoms with Crippen LogP contribution in [0, 0.1) is 0 Å². The van der Waals surface area contributed by atoms with E-state index in [0.29, 0.717) is 17.2 Å². The smallest absolute Gasteiger partial charge is 0.356 e. The van der Waals surface area contributed by atoms with Gasteiger partial charge in [-0.1, -0.05) is 20.8 Å². The third-order valence-electron chi connectivity index (χ3n) is 3.69. The van der Waals surface area contributed by atoms with Crippen LogP contribution < -0.4 is 9.47 Å². The lowest BCUT2D eigenvalue weighted by atomic mass is 9.84. The molecule has 2 rings (SSSR count). The molecule has 0 saturated carbocycles. The molecule has 124 valence electrons. The maximum Gasteiger partial charge on any atom is 0.356 e. The van der Waals surface area contributed by atoms with E-state index < -0.39 is 5.97 Å². The van der Waals surface area contributed by atoms with Crippen LogP contribution in [0.1, 0.15) is 36.8 Å². The number of carboxylic acids is 1. The second-order valence-electron chi connectivity index (χ2n) is 6.35. The van der Waals surface area contributed by atoms with Crippen molar-refractivity contribution in [1.29, 1.82) is 0 Å². The molecule has 23 heavy (non-hydrogen) atoms. The normalized spacial score (nSPS) is 11.4. The molecule has 1 aromatic heterocycles. The SMILES string of the molecule is COc1cc(-c2cc(C(=O)O)nn2C)c(OC)c(C(C)(C)C)c1. The number of methoxy groups -OCH3 is 2. The monoisotopic (exact) mass is 318 g/mol. The van der Waals surface area contributed by atoms with Crippen molar-refractivity contribution in [2.45, 2.75) is 26.2 Å². The fraction of sp³-hybridized carbons (Fsp3) is 0.412. The van der Waals surface area contributed by atoms with Gasteiger partial charge in [0.25, 0.3) is 0 Å². The minimum absolute atomic E-state index is 0.00955. The Morgan fingerprint density at radius 1 is 1.17 bits per heavy atom. The Morgan fingerprint density at radius 3 is 2.26 bits per heavy atom. The molecule has 2 aromatic rings. The van der Waals surface area contributed by atoms with Crippen molar-refractivity contribution in [2.24, 2.45) is 7.05 Å². The first-order valence-corrected chi connectivity index (χ1v) is 7.23. The summed E-state index contributed by atoms with van der Waals surface area (Å²) in [7, 11) is 4.91. The van der Waals surface area contributed by atoms with Crippen LogP contribution in [0.4, 0.5) is 0 Å². The molecule has 0 radical (unpaired) electrons. The van der Waals surface area contributed by atoms with Crippen molar-refractivity contribution in [3.05, 3.63) is 29.5 Å². The van der Waals surface area contributed by atoms with Crippen molar-refractivity contribution < 1.29 is 19.4 Å². The second kappa shape index (κ2) is 5.95. The topological polar surface area (TPSA) is 73.6 Å². The highest BCUT2D eigenvalue weighted by Gasteiger charge is 2.25. The molecule has 6 nitrogen and oxygen atoms in total. The van der Waals surface area contributed by atoms with Crippen LogP contribution in [0.3, 0.4) is 0 Å². The molecule has 0 saturated heterocycles. The van der Waals surface area contributed by atoms with Gasteiger partial charge in [0.15, 0.2) is 5.69 Å². The molecule has 0 amide bonds. The van der Waals surface area contributed by atoms with Crippen LogP contribution in [0.2, 0.25) is 0 Å². The average Bonchev–Trinajstić information content (AvgIpc) is 2.87. The summed E-state index contributed by atoms with van der Waals surface area (Å²) in [5.74, 6) is 0.312. The first kappa shape index (κ1) is 16.9. The number of hydrogen-bond acceptors (Lipinski definition) is 4. The minimum atomic E-state index is -1.07. The average molecular weight is 318 g/mol. The van der Waals surface area contributed by atoms with Gasteiger partial charge in [-0.15, -0.1) is 0 Å². The molecule has 1 aromatic carbocycles. The summed E-state index contributed by atoms with van der Waals surface area (Å²) in [6.07, 6.45) is 0. The number of aryl methyl sites for hydroxylation is 1. The molecule has 0 aliphatic carbocycles. The Morgan fingerprint density at radius 2 is 1.83 bits per heavy atom. The third-order valence-corrected chi connectivity index (χ3v) is 3.69. The molecule has 0 bridgehead atoms. The maximum absolute atomic E-state index is 11.2. The molecule has 0 atom stereocenters. The number of ether oxygens (including phenoxy) is 2. The van der Waals surface area contributed by atoms with Crippen LogP contribution in [0.5, 0.6) is 11.5 Å². The zero-order valence-corrected chi connectivity index (χ0v) is 14.3. The van der Waals surface area contributed by atoms with Crippen molar-refractivity contribution in [3.63, 3.8) is 0 Å². The van der Waals surface area contributed by atoms with Gasteiger partial charge in [-0.25, -0.2) is 4.79 Å². The van der Waals surface area contributed by atoms with E-state index in [1.807, 2.05) is 12.1 Å². The van der Waals surface area contributed by atoms with E-state index >= 15 is 0 Å². The predicted octanol–water partition coefficient (Wildman–Crippen LogP) is 3.10. The number of carbonyl (C=O) groups is 1. The summed E-state index contributed by atoms with van der Waals surface area (Å²) in [6, 6.07) is 5.31. The Labute approximate surface area is 135 Å². The first-order chi connectivity index (χ1) is 10.7. The Hall–Kier alpha value is -2.50. The fourth-order valence-corrected chi connectivity index (χ4v) is 2.51. The molecule has 0 aliphatic rings. The third kappa shape index (κ3) is 3.16. The summed E-state index contributed by atoms with van der Waals surface area (Å²) >= 11 is 0. The number of carboxylic acid groups (broad SMARTS) is 1. The van der Waals surface area contributed by atoms with Gasteiger partial charge in [0.1, 0.15) is 11.5 Å². The zero-order valence-electron chi connectivity index (χ0n) is 14.3. The van der Waals surface area contributed by atoms with Crippen LogP contribution in [-0.4, -0.2) is 35.1 Å². The molecule has 0 aliphatic heterocycles. The van der Waals surface area contributed by atoms with Crippen LogP contribution in [0.15, 0.2) is 18.2 Å². The Bertz CT molecular complexity index is 742. The predicted molar refractivity (Wildman–Crippen MR) is 87.4 cm³/mol. The van der Waals surface area contributed by atoms with Crippen LogP contribution in [-0.2, 0) is 12.5 Å². The number of aromatic carboxylic acids is 1. The van der Waals surface area contributed by atoms with E-state index in [1.165, 1.54) is 10.7 Å². The highest BCUT2D eigenvalue weighted by molar-refractivity contribution is 5.87. The van der Waals surface area contributed by atoms with Crippen LogP contribution >= 0.6 is 0 Å². The summed E-state index contributed by atoms with van der Waals surface area (Å²) in [5.41, 5.74) is 2.21. The van der Waals surface area contributed by atoms with E-state index in [4.69, 9.17) is 14.6 Å². The molecule has 6 heteroatoms. The van der Waals surface area contributed by atoms with Gasteiger partial charge in [0.2, 0.25) is 0 Å². The summed E-state index contributed by atoms with van der Waals surface area (Å²) < 4.78 is 12.6. The molecular weight excluding hydrogens is 296 g/mol. The maximum atomic E-state index is 11.2. The van der Waals surface area contributed by atoms with Gasteiger partial charge in [0, 0.05) is 18.2 Å². The standard InChI is InChI=1S/C17H22N2O4/c1-17(2,3)12-8-10(22-5)7-11(15(12)23-6)14-9-13(16(20)21)18-19(14)4/h7-9H,1-6H3,(H,20,21). The van der Waals surface area contributed by atoms with E-state index in [0.717, 1.165) is 11.1 Å². The Kier molecular flexibility index (Phi) is 4.36. The van der Waals surface area contributed by atoms with E-state index in [-0.39, 0.29) is 11.1 Å².